The van der Waals surface area contributed by atoms with Crippen molar-refractivity contribution in [1.82, 2.24) is 4.90 Å². The third-order valence-electron chi connectivity index (χ3n) is 5.11. The molecule has 3 nitrogen and oxygen atoms in total. The van der Waals surface area contributed by atoms with Crippen molar-refractivity contribution in [2.24, 2.45) is 5.73 Å². The van der Waals surface area contributed by atoms with Crippen LogP contribution in [0.3, 0.4) is 0 Å². The van der Waals surface area contributed by atoms with Gasteiger partial charge in [0.2, 0.25) is 0 Å². The van der Waals surface area contributed by atoms with Crippen LogP contribution in [0.25, 0.3) is 0 Å². The molecule has 3 atom stereocenters. The van der Waals surface area contributed by atoms with Gasteiger partial charge in [0.05, 0.1) is 6.10 Å². The second-order valence-electron chi connectivity index (χ2n) is 6.61. The molecule has 1 saturated heterocycles. The van der Waals surface area contributed by atoms with Gasteiger partial charge in [-0.2, -0.15) is 0 Å². The lowest BCUT2D eigenvalue weighted by Gasteiger charge is -2.35. The highest BCUT2D eigenvalue weighted by Crippen LogP contribution is 2.30. The molecule has 2 N–H and O–H groups in total. The van der Waals surface area contributed by atoms with Crippen molar-refractivity contribution in [2.45, 2.75) is 56.7 Å². The number of benzene rings is 1. The lowest BCUT2D eigenvalue weighted by atomic mass is 9.96. The van der Waals surface area contributed by atoms with Crippen molar-refractivity contribution in [3.8, 4) is 0 Å². The van der Waals surface area contributed by atoms with Crippen molar-refractivity contribution in [2.75, 3.05) is 20.2 Å². The minimum absolute atomic E-state index is 0.122. The lowest BCUT2D eigenvalue weighted by Crippen LogP contribution is -2.44. The highest BCUT2D eigenvalue weighted by atomic mass is 16.5. The minimum Gasteiger partial charge on any atom is -0.377 e. The molecule has 116 valence electrons. The SMILES string of the molecule is CN(CC1CCCCO1)C1CCCc2ccccc2C1N. The summed E-state index contributed by atoms with van der Waals surface area (Å²) in [5, 5.41) is 0. The molecule has 1 aromatic rings. The quantitative estimate of drug-likeness (QED) is 0.869. The average molecular weight is 288 g/mol. The number of nitrogens with zero attached hydrogens (tertiary/aromatic N) is 1. The van der Waals surface area contributed by atoms with Gasteiger partial charge in [-0.25, -0.2) is 0 Å². The summed E-state index contributed by atoms with van der Waals surface area (Å²) < 4.78 is 5.89. The molecule has 0 amide bonds. The number of likely N-dealkylation sites (N-methyl/N-ethyl adjacent to an activating group) is 1. The van der Waals surface area contributed by atoms with E-state index in [0.29, 0.717) is 12.1 Å². The van der Waals surface area contributed by atoms with Crippen LogP contribution in [-0.2, 0) is 11.2 Å². The zero-order valence-corrected chi connectivity index (χ0v) is 13.1. The van der Waals surface area contributed by atoms with Crippen molar-refractivity contribution >= 4 is 0 Å². The van der Waals surface area contributed by atoms with Gasteiger partial charge in [0.25, 0.3) is 0 Å². The number of fused-ring (bicyclic) bond motifs is 1. The van der Waals surface area contributed by atoms with E-state index in [-0.39, 0.29) is 6.04 Å². The fourth-order valence-electron chi connectivity index (χ4n) is 3.88. The number of hydrogen-bond donors (Lipinski definition) is 1. The molecule has 0 saturated carbocycles. The molecule has 0 bridgehead atoms. The summed E-state index contributed by atoms with van der Waals surface area (Å²) in [5.41, 5.74) is 9.40. The Morgan fingerprint density at radius 2 is 2.05 bits per heavy atom. The molecule has 21 heavy (non-hydrogen) atoms. The predicted octanol–water partition coefficient (Wildman–Crippen LogP) is 2.89. The van der Waals surface area contributed by atoms with E-state index in [0.717, 1.165) is 19.6 Å². The van der Waals surface area contributed by atoms with Crippen molar-refractivity contribution in [3.63, 3.8) is 0 Å². The Kier molecular flexibility index (Phi) is 4.94. The number of hydrogen-bond acceptors (Lipinski definition) is 3. The predicted molar refractivity (Wildman–Crippen MR) is 86.3 cm³/mol. The molecule has 0 radical (unpaired) electrons. The first-order valence-corrected chi connectivity index (χ1v) is 8.41. The molecule has 2 aliphatic rings. The van der Waals surface area contributed by atoms with E-state index in [4.69, 9.17) is 10.5 Å². The molecule has 3 rings (SSSR count). The van der Waals surface area contributed by atoms with Crippen LogP contribution >= 0.6 is 0 Å². The first-order valence-electron chi connectivity index (χ1n) is 8.41. The highest BCUT2D eigenvalue weighted by Gasteiger charge is 2.29. The highest BCUT2D eigenvalue weighted by molar-refractivity contribution is 5.32. The standard InChI is InChI=1S/C18H28N2O/c1-20(13-15-9-4-5-12-21-15)17-11-6-8-14-7-2-3-10-16(14)18(17)19/h2-3,7,10,15,17-18H,4-6,8-9,11-13,19H2,1H3. The molecular weight excluding hydrogens is 260 g/mol. The molecule has 0 spiro atoms. The zero-order valence-electron chi connectivity index (χ0n) is 13.1. The average Bonchev–Trinajstić information content (AvgIpc) is 2.68. The first-order chi connectivity index (χ1) is 10.3. The Morgan fingerprint density at radius 3 is 2.86 bits per heavy atom. The molecule has 3 unspecified atom stereocenters. The van der Waals surface area contributed by atoms with E-state index in [2.05, 4.69) is 36.2 Å². The van der Waals surface area contributed by atoms with Crippen LogP contribution in [0.4, 0.5) is 0 Å². The first kappa shape index (κ1) is 15.0. The molecule has 1 aliphatic heterocycles. The van der Waals surface area contributed by atoms with E-state index >= 15 is 0 Å². The Morgan fingerprint density at radius 1 is 1.19 bits per heavy atom. The van der Waals surface area contributed by atoms with Gasteiger partial charge in [-0.1, -0.05) is 24.3 Å². The zero-order chi connectivity index (χ0) is 14.7. The number of rotatable bonds is 3. The summed E-state index contributed by atoms with van der Waals surface area (Å²) in [6.07, 6.45) is 7.69. The number of nitrogens with two attached hydrogens (primary N) is 1. The maximum absolute atomic E-state index is 6.61. The monoisotopic (exact) mass is 288 g/mol. The maximum atomic E-state index is 6.61. The Bertz CT molecular complexity index is 456. The third kappa shape index (κ3) is 3.47. The molecule has 1 heterocycles. The van der Waals surface area contributed by atoms with Crippen molar-refractivity contribution < 1.29 is 4.74 Å². The van der Waals surface area contributed by atoms with Crippen molar-refractivity contribution in [1.29, 1.82) is 0 Å². The molecule has 3 heteroatoms. The molecule has 1 aliphatic carbocycles. The van der Waals surface area contributed by atoms with Crippen LogP contribution in [0.5, 0.6) is 0 Å². The van der Waals surface area contributed by atoms with E-state index in [1.165, 1.54) is 43.2 Å². The van der Waals surface area contributed by atoms with Gasteiger partial charge in [0, 0.05) is 25.2 Å². The van der Waals surface area contributed by atoms with Gasteiger partial charge in [-0.15, -0.1) is 0 Å². The minimum atomic E-state index is 0.122. The lowest BCUT2D eigenvalue weighted by molar-refractivity contribution is -0.0107. The molecular formula is C18H28N2O. The molecule has 0 aromatic heterocycles. The van der Waals surface area contributed by atoms with E-state index in [1.54, 1.807) is 0 Å². The van der Waals surface area contributed by atoms with Gasteiger partial charge in [0.1, 0.15) is 0 Å². The number of aryl methyl sites for hydroxylation is 1. The van der Waals surface area contributed by atoms with E-state index in [1.807, 2.05) is 0 Å². The van der Waals surface area contributed by atoms with Gasteiger partial charge in [-0.3, -0.25) is 4.90 Å². The smallest absolute Gasteiger partial charge is 0.0702 e. The van der Waals surface area contributed by atoms with Crippen LogP contribution in [0.2, 0.25) is 0 Å². The fourth-order valence-corrected chi connectivity index (χ4v) is 3.88. The van der Waals surface area contributed by atoms with Gasteiger partial charge >= 0.3 is 0 Å². The topological polar surface area (TPSA) is 38.5 Å². The van der Waals surface area contributed by atoms with Crippen LogP contribution in [0, 0.1) is 0 Å². The molecule has 1 fully saturated rings. The van der Waals surface area contributed by atoms with Gasteiger partial charge in [-0.05, 0) is 56.7 Å². The second-order valence-corrected chi connectivity index (χ2v) is 6.61. The van der Waals surface area contributed by atoms with E-state index in [9.17, 15) is 0 Å². The summed E-state index contributed by atoms with van der Waals surface area (Å²) in [5.74, 6) is 0. The summed E-state index contributed by atoms with van der Waals surface area (Å²) in [7, 11) is 2.22. The van der Waals surface area contributed by atoms with Gasteiger partial charge < -0.3 is 10.5 Å². The van der Waals surface area contributed by atoms with Crippen LogP contribution in [0.15, 0.2) is 24.3 Å². The van der Waals surface area contributed by atoms with E-state index < -0.39 is 0 Å². The van der Waals surface area contributed by atoms with Crippen molar-refractivity contribution in [3.05, 3.63) is 35.4 Å². The third-order valence-corrected chi connectivity index (χ3v) is 5.11. The Labute approximate surface area is 128 Å². The summed E-state index contributed by atoms with van der Waals surface area (Å²) in [6, 6.07) is 9.25. The van der Waals surface area contributed by atoms with Crippen LogP contribution < -0.4 is 5.73 Å². The largest absolute Gasteiger partial charge is 0.377 e. The van der Waals surface area contributed by atoms with Crippen LogP contribution in [0.1, 0.15) is 49.3 Å². The van der Waals surface area contributed by atoms with Gasteiger partial charge in [0.15, 0.2) is 0 Å². The number of ether oxygens (including phenoxy) is 1. The Balaban J connectivity index is 1.69. The summed E-state index contributed by atoms with van der Waals surface area (Å²) >= 11 is 0. The normalized spacial score (nSPS) is 30.0. The summed E-state index contributed by atoms with van der Waals surface area (Å²) in [4.78, 5) is 2.45. The summed E-state index contributed by atoms with van der Waals surface area (Å²) in [6.45, 7) is 1.94. The second kappa shape index (κ2) is 6.91. The van der Waals surface area contributed by atoms with Crippen LogP contribution in [-0.4, -0.2) is 37.2 Å². The Hall–Kier alpha value is -0.900. The fraction of sp³-hybridized carbons (Fsp3) is 0.667. The molecule has 1 aromatic carbocycles. The maximum Gasteiger partial charge on any atom is 0.0702 e.